The van der Waals surface area contributed by atoms with Gasteiger partial charge in [-0.2, -0.15) is 0 Å². The minimum atomic E-state index is 0.759. The highest BCUT2D eigenvalue weighted by atomic mass is 14.9. The highest BCUT2D eigenvalue weighted by Crippen LogP contribution is 2.60. The molecule has 3 rings (SSSR count). The van der Waals surface area contributed by atoms with Crippen LogP contribution >= 0.6 is 0 Å². The van der Waals surface area contributed by atoms with Crippen LogP contribution in [0.4, 0.5) is 0 Å². The summed E-state index contributed by atoms with van der Waals surface area (Å²) < 4.78 is 0. The summed E-state index contributed by atoms with van der Waals surface area (Å²) in [5.41, 5.74) is 0.759. The van der Waals surface area contributed by atoms with Crippen LogP contribution in [-0.4, -0.2) is 26.2 Å². The van der Waals surface area contributed by atoms with Crippen molar-refractivity contribution in [2.75, 3.05) is 26.2 Å². The second kappa shape index (κ2) is 2.96. The Balaban J connectivity index is 1.63. The second-order valence-electron chi connectivity index (χ2n) is 5.21. The first-order chi connectivity index (χ1) is 6.41. The maximum absolute atomic E-state index is 3.57. The molecule has 1 spiro atoms. The summed E-state index contributed by atoms with van der Waals surface area (Å²) in [4.78, 5) is 0. The lowest BCUT2D eigenvalue weighted by atomic mass is 9.88. The lowest BCUT2D eigenvalue weighted by Crippen LogP contribution is -2.33. The van der Waals surface area contributed by atoms with Gasteiger partial charge in [0.15, 0.2) is 0 Å². The lowest BCUT2D eigenvalue weighted by Gasteiger charge is -2.25. The smallest absolute Gasteiger partial charge is 0.00107 e. The Kier molecular flexibility index (Phi) is 1.88. The molecule has 0 amide bonds. The van der Waals surface area contributed by atoms with E-state index in [2.05, 4.69) is 10.6 Å². The quantitative estimate of drug-likeness (QED) is 0.629. The normalized spacial score (nSPS) is 49.8. The first-order valence-electron chi connectivity index (χ1n) is 5.82. The Morgan fingerprint density at radius 3 is 2.85 bits per heavy atom. The first kappa shape index (κ1) is 8.25. The van der Waals surface area contributed by atoms with Gasteiger partial charge in [0.2, 0.25) is 0 Å². The lowest BCUT2D eigenvalue weighted by molar-refractivity contribution is 0.293. The Labute approximate surface area is 80.5 Å². The molecule has 2 N–H and O–H groups in total. The zero-order chi connectivity index (χ0) is 8.73. The molecule has 2 nitrogen and oxygen atoms in total. The van der Waals surface area contributed by atoms with Crippen LogP contribution in [0.15, 0.2) is 0 Å². The number of rotatable bonds is 1. The van der Waals surface area contributed by atoms with Crippen LogP contribution in [0.3, 0.4) is 0 Å². The predicted octanol–water partition coefficient (Wildman–Crippen LogP) is 0.986. The van der Waals surface area contributed by atoms with Gasteiger partial charge in [-0.3, -0.25) is 0 Å². The third kappa shape index (κ3) is 1.31. The molecule has 3 aliphatic rings. The Morgan fingerprint density at radius 2 is 2.15 bits per heavy atom. The minimum absolute atomic E-state index is 0.759. The van der Waals surface area contributed by atoms with E-state index in [0.29, 0.717) is 0 Å². The van der Waals surface area contributed by atoms with E-state index in [0.717, 1.165) is 17.3 Å². The van der Waals surface area contributed by atoms with Gasteiger partial charge in [0.1, 0.15) is 0 Å². The summed E-state index contributed by atoms with van der Waals surface area (Å²) in [7, 11) is 0. The molecule has 2 aliphatic heterocycles. The summed E-state index contributed by atoms with van der Waals surface area (Å²) in [5, 5.41) is 7.07. The molecule has 2 saturated heterocycles. The third-order valence-corrected chi connectivity index (χ3v) is 4.43. The summed E-state index contributed by atoms with van der Waals surface area (Å²) in [6.07, 6.45) is 5.87. The molecule has 0 aromatic rings. The topological polar surface area (TPSA) is 24.1 Å². The van der Waals surface area contributed by atoms with Gasteiger partial charge in [-0.1, -0.05) is 0 Å². The van der Waals surface area contributed by atoms with E-state index in [9.17, 15) is 0 Å². The molecule has 2 heterocycles. The molecule has 13 heavy (non-hydrogen) atoms. The largest absolute Gasteiger partial charge is 0.316 e. The van der Waals surface area contributed by atoms with Crippen LogP contribution in [0.1, 0.15) is 25.7 Å². The van der Waals surface area contributed by atoms with Gasteiger partial charge < -0.3 is 10.6 Å². The molecule has 3 fully saturated rings. The molecule has 2 heteroatoms. The van der Waals surface area contributed by atoms with E-state index in [-0.39, 0.29) is 0 Å². The molecule has 0 bridgehead atoms. The number of hydrogen-bond acceptors (Lipinski definition) is 2. The summed E-state index contributed by atoms with van der Waals surface area (Å²) >= 11 is 0. The fraction of sp³-hybridized carbons (Fsp3) is 1.00. The van der Waals surface area contributed by atoms with Crippen LogP contribution in [-0.2, 0) is 0 Å². The fourth-order valence-corrected chi connectivity index (χ4v) is 3.55. The molecule has 1 aliphatic carbocycles. The third-order valence-electron chi connectivity index (χ3n) is 4.43. The second-order valence-corrected chi connectivity index (χ2v) is 5.21. The van der Waals surface area contributed by atoms with Crippen molar-refractivity contribution in [2.24, 2.45) is 17.3 Å². The number of nitrogens with one attached hydrogen (secondary N) is 2. The predicted molar refractivity (Wildman–Crippen MR) is 53.6 cm³/mol. The monoisotopic (exact) mass is 180 g/mol. The van der Waals surface area contributed by atoms with E-state index in [1.165, 1.54) is 51.9 Å². The molecule has 74 valence electrons. The standard InChI is InChI=1S/C11H20N2/c1-3-11(8-13-4-1)6-10(11)9-2-5-12-7-9/h9-10,12-13H,1-8H2. The molecule has 0 radical (unpaired) electrons. The maximum atomic E-state index is 3.57. The Hall–Kier alpha value is -0.0800. The zero-order valence-electron chi connectivity index (χ0n) is 8.31. The minimum Gasteiger partial charge on any atom is -0.316 e. The van der Waals surface area contributed by atoms with Crippen molar-refractivity contribution in [3.05, 3.63) is 0 Å². The van der Waals surface area contributed by atoms with Gasteiger partial charge in [-0.15, -0.1) is 0 Å². The van der Waals surface area contributed by atoms with Gasteiger partial charge in [0.05, 0.1) is 0 Å². The molecule has 0 aromatic heterocycles. The molecular formula is C11H20N2. The van der Waals surface area contributed by atoms with Crippen molar-refractivity contribution in [2.45, 2.75) is 25.7 Å². The van der Waals surface area contributed by atoms with Crippen molar-refractivity contribution in [1.29, 1.82) is 0 Å². The molecular weight excluding hydrogens is 160 g/mol. The SMILES string of the molecule is C1CNCC2(C1)CC2C1CCNC1. The van der Waals surface area contributed by atoms with Crippen molar-refractivity contribution in [3.63, 3.8) is 0 Å². The van der Waals surface area contributed by atoms with Gasteiger partial charge in [-0.25, -0.2) is 0 Å². The van der Waals surface area contributed by atoms with Gasteiger partial charge in [0, 0.05) is 6.54 Å². The zero-order valence-corrected chi connectivity index (χ0v) is 8.31. The van der Waals surface area contributed by atoms with Crippen LogP contribution in [0.5, 0.6) is 0 Å². The van der Waals surface area contributed by atoms with Crippen molar-refractivity contribution < 1.29 is 0 Å². The van der Waals surface area contributed by atoms with Crippen molar-refractivity contribution >= 4 is 0 Å². The highest BCUT2D eigenvalue weighted by Gasteiger charge is 2.56. The van der Waals surface area contributed by atoms with Gasteiger partial charge in [-0.05, 0) is 62.6 Å². The average Bonchev–Trinajstić information content (AvgIpc) is 2.68. The molecule has 3 atom stereocenters. The van der Waals surface area contributed by atoms with E-state index < -0.39 is 0 Å². The van der Waals surface area contributed by atoms with Crippen molar-refractivity contribution in [1.82, 2.24) is 10.6 Å². The number of piperidine rings is 1. The summed E-state index contributed by atoms with van der Waals surface area (Å²) in [6, 6.07) is 0. The van der Waals surface area contributed by atoms with E-state index in [4.69, 9.17) is 0 Å². The number of hydrogen-bond donors (Lipinski definition) is 2. The van der Waals surface area contributed by atoms with E-state index in [1.54, 1.807) is 0 Å². The van der Waals surface area contributed by atoms with Crippen LogP contribution in [0, 0.1) is 17.3 Å². The highest BCUT2D eigenvalue weighted by molar-refractivity contribution is 5.08. The first-order valence-corrected chi connectivity index (χ1v) is 5.82. The van der Waals surface area contributed by atoms with Gasteiger partial charge in [0.25, 0.3) is 0 Å². The maximum Gasteiger partial charge on any atom is 0.00107 e. The van der Waals surface area contributed by atoms with Crippen LogP contribution < -0.4 is 10.6 Å². The Bertz CT molecular complexity index is 190. The fourth-order valence-electron chi connectivity index (χ4n) is 3.55. The summed E-state index contributed by atoms with van der Waals surface area (Å²) in [5.74, 6) is 2.08. The molecule has 1 saturated carbocycles. The molecule has 0 aromatic carbocycles. The van der Waals surface area contributed by atoms with Gasteiger partial charge >= 0.3 is 0 Å². The van der Waals surface area contributed by atoms with Crippen molar-refractivity contribution in [3.8, 4) is 0 Å². The average molecular weight is 180 g/mol. The molecule has 3 unspecified atom stereocenters. The van der Waals surface area contributed by atoms with Crippen LogP contribution in [0.2, 0.25) is 0 Å². The summed E-state index contributed by atoms with van der Waals surface area (Å²) in [6.45, 7) is 5.14. The van der Waals surface area contributed by atoms with E-state index in [1.807, 2.05) is 0 Å². The Morgan fingerprint density at radius 1 is 1.15 bits per heavy atom. The van der Waals surface area contributed by atoms with Crippen LogP contribution in [0.25, 0.3) is 0 Å². The van der Waals surface area contributed by atoms with E-state index >= 15 is 0 Å².